The van der Waals surface area contributed by atoms with E-state index in [9.17, 15) is 8.42 Å². The Morgan fingerprint density at radius 3 is 2.50 bits per heavy atom. The Morgan fingerprint density at radius 1 is 1.36 bits per heavy atom. The van der Waals surface area contributed by atoms with Crippen molar-refractivity contribution in [2.24, 2.45) is 0 Å². The first-order valence-electron chi connectivity index (χ1n) is 3.99. The molecule has 0 spiro atoms. The summed E-state index contributed by atoms with van der Waals surface area (Å²) in [4.78, 5) is 0.357. The quantitative estimate of drug-likeness (QED) is 0.792. The van der Waals surface area contributed by atoms with Crippen LogP contribution in [-0.2, 0) is 16.3 Å². The van der Waals surface area contributed by atoms with Gasteiger partial charge in [0.1, 0.15) is 0 Å². The van der Waals surface area contributed by atoms with Crippen molar-refractivity contribution in [2.45, 2.75) is 11.3 Å². The highest BCUT2D eigenvalue weighted by molar-refractivity contribution is 9.10. The second kappa shape index (κ2) is 4.77. The smallest absolute Gasteiger partial charge is 0.176 e. The van der Waals surface area contributed by atoms with E-state index in [1.807, 2.05) is 6.07 Å². The first-order valence-corrected chi connectivity index (χ1v) is 7.80. The zero-order valence-corrected chi connectivity index (χ0v) is 11.6. The summed E-state index contributed by atoms with van der Waals surface area (Å²) in [6, 6.07) is 5.40. The molecule has 0 aliphatic rings. The fourth-order valence-corrected chi connectivity index (χ4v) is 3.47. The first kappa shape index (κ1) is 12.2. The molecular formula is C9H10Br2O2S. The lowest BCUT2D eigenvalue weighted by atomic mass is 10.2. The third-order valence-electron chi connectivity index (χ3n) is 1.78. The lowest BCUT2D eigenvalue weighted by Crippen LogP contribution is -1.99. The highest BCUT2D eigenvalue weighted by Crippen LogP contribution is 2.23. The number of halogens is 2. The van der Waals surface area contributed by atoms with E-state index in [2.05, 4.69) is 31.9 Å². The lowest BCUT2D eigenvalue weighted by molar-refractivity contribution is 0.601. The number of alkyl halides is 1. The summed E-state index contributed by atoms with van der Waals surface area (Å²) in [5, 5.41) is 0.831. The van der Waals surface area contributed by atoms with Gasteiger partial charge in [-0.1, -0.05) is 22.0 Å². The molecule has 0 aromatic heterocycles. The molecule has 0 unspecified atom stereocenters. The molecule has 0 saturated heterocycles. The van der Waals surface area contributed by atoms with Crippen molar-refractivity contribution in [1.82, 2.24) is 0 Å². The van der Waals surface area contributed by atoms with Crippen LogP contribution in [0.15, 0.2) is 27.6 Å². The van der Waals surface area contributed by atoms with Gasteiger partial charge in [-0.05, 0) is 40.0 Å². The average molecular weight is 342 g/mol. The van der Waals surface area contributed by atoms with Gasteiger partial charge in [-0.25, -0.2) is 8.42 Å². The largest absolute Gasteiger partial charge is 0.224 e. The Kier molecular flexibility index (Phi) is 4.15. The van der Waals surface area contributed by atoms with Crippen LogP contribution < -0.4 is 0 Å². The average Bonchev–Trinajstić information content (AvgIpc) is 2.07. The number of hydrogen-bond acceptors (Lipinski definition) is 2. The normalized spacial score (nSPS) is 11.6. The Hall–Kier alpha value is 0.130. The molecule has 0 amide bonds. The molecular weight excluding hydrogens is 332 g/mol. The minimum atomic E-state index is -3.14. The zero-order valence-electron chi connectivity index (χ0n) is 7.63. The molecule has 0 aliphatic heterocycles. The van der Waals surface area contributed by atoms with E-state index in [4.69, 9.17) is 0 Å². The number of aryl methyl sites for hydroxylation is 1. The van der Waals surface area contributed by atoms with Crippen LogP contribution >= 0.6 is 31.9 Å². The van der Waals surface area contributed by atoms with Crippen molar-refractivity contribution in [1.29, 1.82) is 0 Å². The van der Waals surface area contributed by atoms with E-state index >= 15 is 0 Å². The van der Waals surface area contributed by atoms with Gasteiger partial charge in [-0.15, -0.1) is 0 Å². The summed E-state index contributed by atoms with van der Waals surface area (Å²) in [6.45, 7) is 0. The Balaban J connectivity index is 3.22. The van der Waals surface area contributed by atoms with Crippen molar-refractivity contribution in [3.8, 4) is 0 Å². The second-order valence-corrected chi connectivity index (χ2v) is 6.61. The summed E-state index contributed by atoms with van der Waals surface area (Å²) in [5.41, 5.74) is 1.02. The second-order valence-electron chi connectivity index (χ2n) is 2.98. The Morgan fingerprint density at radius 2 is 2.00 bits per heavy atom. The molecule has 78 valence electrons. The van der Waals surface area contributed by atoms with Crippen LogP contribution in [0.3, 0.4) is 0 Å². The van der Waals surface area contributed by atoms with Gasteiger partial charge < -0.3 is 0 Å². The van der Waals surface area contributed by atoms with E-state index in [1.165, 1.54) is 6.26 Å². The minimum absolute atomic E-state index is 0.357. The van der Waals surface area contributed by atoms with Crippen molar-refractivity contribution >= 4 is 41.7 Å². The summed E-state index contributed by atoms with van der Waals surface area (Å²) < 4.78 is 23.4. The molecule has 0 bridgehead atoms. The van der Waals surface area contributed by atoms with Gasteiger partial charge in [0.05, 0.1) is 4.90 Å². The predicted octanol–water partition coefficient (Wildman–Crippen LogP) is 2.79. The molecule has 0 saturated carbocycles. The number of sulfone groups is 1. The van der Waals surface area contributed by atoms with E-state index in [0.717, 1.165) is 17.3 Å². The SMILES string of the molecule is CS(=O)(=O)c1cc(CCBr)ccc1Br. The van der Waals surface area contributed by atoms with Crippen molar-refractivity contribution in [2.75, 3.05) is 11.6 Å². The van der Waals surface area contributed by atoms with Crippen molar-refractivity contribution in [3.63, 3.8) is 0 Å². The van der Waals surface area contributed by atoms with Crippen LogP contribution in [-0.4, -0.2) is 20.0 Å². The van der Waals surface area contributed by atoms with Gasteiger partial charge in [-0.2, -0.15) is 0 Å². The molecule has 0 fully saturated rings. The monoisotopic (exact) mass is 340 g/mol. The molecule has 0 N–H and O–H groups in total. The van der Waals surface area contributed by atoms with E-state index in [0.29, 0.717) is 9.37 Å². The molecule has 5 heteroatoms. The van der Waals surface area contributed by atoms with Crippen LogP contribution in [0, 0.1) is 0 Å². The first-order chi connectivity index (χ1) is 6.45. The topological polar surface area (TPSA) is 34.1 Å². The molecule has 0 radical (unpaired) electrons. The third kappa shape index (κ3) is 3.07. The van der Waals surface area contributed by atoms with Gasteiger partial charge in [0.15, 0.2) is 9.84 Å². The van der Waals surface area contributed by atoms with Gasteiger partial charge in [0.25, 0.3) is 0 Å². The molecule has 14 heavy (non-hydrogen) atoms. The number of benzene rings is 1. The van der Waals surface area contributed by atoms with Crippen molar-refractivity contribution in [3.05, 3.63) is 28.2 Å². The third-order valence-corrected chi connectivity index (χ3v) is 4.27. The minimum Gasteiger partial charge on any atom is -0.224 e. The molecule has 0 atom stereocenters. The molecule has 1 rings (SSSR count). The lowest BCUT2D eigenvalue weighted by Gasteiger charge is -2.04. The fourth-order valence-electron chi connectivity index (χ4n) is 1.10. The maximum absolute atomic E-state index is 11.4. The van der Waals surface area contributed by atoms with Crippen LogP contribution in [0.2, 0.25) is 0 Å². The van der Waals surface area contributed by atoms with Gasteiger partial charge in [0.2, 0.25) is 0 Å². The highest BCUT2D eigenvalue weighted by Gasteiger charge is 2.11. The maximum Gasteiger partial charge on any atom is 0.176 e. The van der Waals surface area contributed by atoms with E-state index in [1.54, 1.807) is 12.1 Å². The van der Waals surface area contributed by atoms with Gasteiger partial charge in [-0.3, -0.25) is 0 Å². The molecule has 1 aromatic carbocycles. The molecule has 1 aromatic rings. The fraction of sp³-hybridized carbons (Fsp3) is 0.333. The Labute approximate surface area is 101 Å². The number of hydrogen-bond donors (Lipinski definition) is 0. The summed E-state index contributed by atoms with van der Waals surface area (Å²) >= 11 is 6.54. The van der Waals surface area contributed by atoms with Gasteiger partial charge in [0, 0.05) is 16.1 Å². The highest BCUT2D eigenvalue weighted by atomic mass is 79.9. The Bertz CT molecular complexity index is 426. The standard InChI is InChI=1S/C9H10Br2O2S/c1-14(12,13)9-6-7(4-5-10)2-3-8(9)11/h2-3,6H,4-5H2,1H3. The molecule has 0 aliphatic carbocycles. The summed E-state index contributed by atoms with van der Waals surface area (Å²) in [6.07, 6.45) is 2.04. The number of rotatable bonds is 3. The molecule has 2 nitrogen and oxygen atoms in total. The zero-order chi connectivity index (χ0) is 10.8. The van der Waals surface area contributed by atoms with Crippen LogP contribution in [0.1, 0.15) is 5.56 Å². The predicted molar refractivity (Wildman–Crippen MR) is 64.7 cm³/mol. The van der Waals surface area contributed by atoms with E-state index in [-0.39, 0.29) is 0 Å². The van der Waals surface area contributed by atoms with Crippen LogP contribution in [0.25, 0.3) is 0 Å². The van der Waals surface area contributed by atoms with Crippen molar-refractivity contribution < 1.29 is 8.42 Å². The summed E-state index contributed by atoms with van der Waals surface area (Å²) in [7, 11) is -3.14. The van der Waals surface area contributed by atoms with E-state index < -0.39 is 9.84 Å². The molecule has 0 heterocycles. The summed E-state index contributed by atoms with van der Waals surface area (Å²) in [5.74, 6) is 0. The maximum atomic E-state index is 11.4. The van der Waals surface area contributed by atoms with Crippen LogP contribution in [0.4, 0.5) is 0 Å². The van der Waals surface area contributed by atoms with Gasteiger partial charge >= 0.3 is 0 Å². The van der Waals surface area contributed by atoms with Crippen LogP contribution in [0.5, 0.6) is 0 Å².